The van der Waals surface area contributed by atoms with Crippen molar-refractivity contribution in [3.05, 3.63) is 72.2 Å². The van der Waals surface area contributed by atoms with Crippen molar-refractivity contribution in [3.8, 4) is 0 Å². The van der Waals surface area contributed by atoms with Crippen LogP contribution in [0.4, 0.5) is 5.69 Å². The van der Waals surface area contributed by atoms with E-state index in [1.807, 2.05) is 37.3 Å². The van der Waals surface area contributed by atoms with Crippen molar-refractivity contribution in [2.24, 2.45) is 0 Å². The molecular formula is C15H14N2O. The summed E-state index contributed by atoms with van der Waals surface area (Å²) in [5, 5.41) is 3.16. The molecule has 0 spiro atoms. The minimum atomic E-state index is -0.0518. The number of hydrogen-bond donors (Lipinski definition) is 1. The third kappa shape index (κ3) is 3.28. The van der Waals surface area contributed by atoms with Gasteiger partial charge in [-0.2, -0.15) is 0 Å². The van der Waals surface area contributed by atoms with Crippen molar-refractivity contribution in [3.63, 3.8) is 0 Å². The van der Waals surface area contributed by atoms with Crippen LogP contribution in [0.25, 0.3) is 0 Å². The smallest absolute Gasteiger partial charge is 0.189 e. The van der Waals surface area contributed by atoms with Crippen LogP contribution in [0.5, 0.6) is 0 Å². The summed E-state index contributed by atoms with van der Waals surface area (Å²) in [6.45, 7) is 1.86. The quantitative estimate of drug-likeness (QED) is 0.656. The van der Waals surface area contributed by atoms with Crippen molar-refractivity contribution >= 4 is 11.5 Å². The highest BCUT2D eigenvalue weighted by atomic mass is 16.1. The second kappa shape index (κ2) is 5.77. The molecule has 1 aromatic carbocycles. The number of nitrogens with one attached hydrogen (secondary N) is 1. The number of carbonyl (C=O) groups is 1. The molecule has 0 amide bonds. The maximum atomic E-state index is 11.9. The Morgan fingerprint density at radius 1 is 1.17 bits per heavy atom. The molecule has 0 aliphatic heterocycles. The van der Waals surface area contributed by atoms with Crippen LogP contribution >= 0.6 is 0 Å². The molecule has 0 aliphatic rings. The number of benzene rings is 1. The van der Waals surface area contributed by atoms with Gasteiger partial charge in [0.1, 0.15) is 0 Å². The molecule has 0 aliphatic carbocycles. The summed E-state index contributed by atoms with van der Waals surface area (Å²) in [6.07, 6.45) is 4.79. The molecule has 1 aromatic heterocycles. The first-order valence-corrected chi connectivity index (χ1v) is 5.70. The fourth-order valence-electron chi connectivity index (χ4n) is 1.57. The Kier molecular flexibility index (Phi) is 3.86. The van der Waals surface area contributed by atoms with Gasteiger partial charge in [0.15, 0.2) is 5.78 Å². The zero-order valence-electron chi connectivity index (χ0n) is 10.1. The average molecular weight is 238 g/mol. The van der Waals surface area contributed by atoms with E-state index in [2.05, 4.69) is 10.3 Å². The van der Waals surface area contributed by atoms with Gasteiger partial charge >= 0.3 is 0 Å². The van der Waals surface area contributed by atoms with E-state index in [4.69, 9.17) is 0 Å². The van der Waals surface area contributed by atoms with Gasteiger partial charge in [0, 0.05) is 35.4 Å². The van der Waals surface area contributed by atoms with Crippen LogP contribution < -0.4 is 5.32 Å². The summed E-state index contributed by atoms with van der Waals surface area (Å²) in [4.78, 5) is 15.8. The Balaban J connectivity index is 2.07. The summed E-state index contributed by atoms with van der Waals surface area (Å²) < 4.78 is 0. The largest absolute Gasteiger partial charge is 0.359 e. The average Bonchev–Trinajstić information content (AvgIpc) is 2.40. The molecular weight excluding hydrogens is 224 g/mol. The predicted octanol–water partition coefficient (Wildman–Crippen LogP) is 3.28. The monoisotopic (exact) mass is 238 g/mol. The molecule has 90 valence electrons. The van der Waals surface area contributed by atoms with Gasteiger partial charge in [-0.1, -0.05) is 18.2 Å². The van der Waals surface area contributed by atoms with Gasteiger partial charge < -0.3 is 5.32 Å². The van der Waals surface area contributed by atoms with E-state index < -0.39 is 0 Å². The van der Waals surface area contributed by atoms with Gasteiger partial charge in [-0.25, -0.2) is 0 Å². The molecule has 0 radical (unpaired) electrons. The third-order valence-corrected chi connectivity index (χ3v) is 2.41. The number of carbonyl (C=O) groups excluding carboxylic acids is 1. The third-order valence-electron chi connectivity index (χ3n) is 2.41. The van der Waals surface area contributed by atoms with Gasteiger partial charge in [-0.3, -0.25) is 9.78 Å². The fourth-order valence-corrected chi connectivity index (χ4v) is 1.57. The van der Waals surface area contributed by atoms with E-state index in [1.165, 1.54) is 0 Å². The van der Waals surface area contributed by atoms with Gasteiger partial charge in [-0.05, 0) is 31.2 Å². The minimum absolute atomic E-state index is 0.0518. The van der Waals surface area contributed by atoms with Crippen molar-refractivity contribution in [2.75, 3.05) is 5.32 Å². The van der Waals surface area contributed by atoms with Crippen LogP contribution in [-0.2, 0) is 0 Å². The number of anilines is 1. The molecule has 0 fully saturated rings. The number of allylic oxidation sites excluding steroid dienone is 2. The first-order valence-electron chi connectivity index (χ1n) is 5.70. The SMILES string of the molecule is C/C(=C\C(=O)c1cccnc1)Nc1ccccc1. The molecule has 2 aromatic rings. The molecule has 0 bridgehead atoms. The molecule has 18 heavy (non-hydrogen) atoms. The highest BCUT2D eigenvalue weighted by Crippen LogP contribution is 2.09. The van der Waals surface area contributed by atoms with Crippen molar-refractivity contribution in [1.29, 1.82) is 0 Å². The summed E-state index contributed by atoms with van der Waals surface area (Å²) in [5.74, 6) is -0.0518. The van der Waals surface area contributed by atoms with E-state index in [-0.39, 0.29) is 5.78 Å². The number of aromatic nitrogens is 1. The van der Waals surface area contributed by atoms with E-state index in [1.54, 1.807) is 30.6 Å². The predicted molar refractivity (Wildman–Crippen MR) is 72.4 cm³/mol. The van der Waals surface area contributed by atoms with Crippen LogP contribution in [-0.4, -0.2) is 10.8 Å². The summed E-state index contributed by atoms with van der Waals surface area (Å²) >= 11 is 0. The molecule has 1 heterocycles. The maximum absolute atomic E-state index is 11.9. The lowest BCUT2D eigenvalue weighted by Gasteiger charge is -2.05. The maximum Gasteiger partial charge on any atom is 0.189 e. The molecule has 1 N–H and O–H groups in total. The van der Waals surface area contributed by atoms with Crippen molar-refractivity contribution < 1.29 is 4.79 Å². The second-order valence-corrected chi connectivity index (χ2v) is 3.92. The van der Waals surface area contributed by atoms with Crippen LogP contribution in [0.1, 0.15) is 17.3 Å². The topological polar surface area (TPSA) is 42.0 Å². The number of hydrogen-bond acceptors (Lipinski definition) is 3. The van der Waals surface area contributed by atoms with E-state index in [0.29, 0.717) is 5.56 Å². The van der Waals surface area contributed by atoms with Gasteiger partial charge in [-0.15, -0.1) is 0 Å². The van der Waals surface area contributed by atoms with Gasteiger partial charge in [0.25, 0.3) is 0 Å². The Morgan fingerprint density at radius 2 is 1.94 bits per heavy atom. The molecule has 0 saturated carbocycles. The van der Waals surface area contributed by atoms with Crippen LogP contribution in [0.15, 0.2) is 66.6 Å². The molecule has 0 unspecified atom stereocenters. The Labute approximate surface area is 106 Å². The van der Waals surface area contributed by atoms with E-state index in [9.17, 15) is 4.79 Å². The van der Waals surface area contributed by atoms with Crippen molar-refractivity contribution in [1.82, 2.24) is 4.98 Å². The van der Waals surface area contributed by atoms with E-state index in [0.717, 1.165) is 11.4 Å². The number of rotatable bonds is 4. The van der Waals surface area contributed by atoms with Crippen LogP contribution in [0.3, 0.4) is 0 Å². The van der Waals surface area contributed by atoms with Gasteiger partial charge in [0.2, 0.25) is 0 Å². The lowest BCUT2D eigenvalue weighted by atomic mass is 10.1. The highest BCUT2D eigenvalue weighted by Gasteiger charge is 2.02. The molecule has 2 rings (SSSR count). The first-order chi connectivity index (χ1) is 8.75. The molecule has 3 nitrogen and oxygen atoms in total. The highest BCUT2D eigenvalue weighted by molar-refractivity contribution is 6.04. The van der Waals surface area contributed by atoms with Crippen LogP contribution in [0.2, 0.25) is 0 Å². The summed E-state index contributed by atoms with van der Waals surface area (Å²) in [7, 11) is 0. The molecule has 0 saturated heterocycles. The molecule has 0 atom stereocenters. The number of para-hydroxylation sites is 1. The Morgan fingerprint density at radius 3 is 2.61 bits per heavy atom. The number of ketones is 1. The Bertz CT molecular complexity index is 547. The summed E-state index contributed by atoms with van der Waals surface area (Å²) in [6, 6.07) is 13.2. The zero-order valence-corrected chi connectivity index (χ0v) is 10.1. The van der Waals surface area contributed by atoms with Gasteiger partial charge in [0.05, 0.1) is 0 Å². The Hall–Kier alpha value is -2.42. The first kappa shape index (κ1) is 12.0. The number of pyridine rings is 1. The number of nitrogens with zero attached hydrogens (tertiary/aromatic N) is 1. The van der Waals surface area contributed by atoms with Crippen molar-refractivity contribution in [2.45, 2.75) is 6.92 Å². The van der Waals surface area contributed by atoms with E-state index >= 15 is 0 Å². The minimum Gasteiger partial charge on any atom is -0.359 e. The normalized spacial score (nSPS) is 11.1. The molecule has 3 heteroatoms. The second-order valence-electron chi connectivity index (χ2n) is 3.92. The van der Waals surface area contributed by atoms with Crippen LogP contribution in [0, 0.1) is 0 Å². The lowest BCUT2D eigenvalue weighted by Crippen LogP contribution is -2.01. The lowest BCUT2D eigenvalue weighted by molar-refractivity contribution is 0.104. The zero-order chi connectivity index (χ0) is 12.8. The summed E-state index contributed by atoms with van der Waals surface area (Å²) in [5.41, 5.74) is 2.35. The standard InChI is InChI=1S/C15H14N2O/c1-12(17-14-7-3-2-4-8-14)10-15(18)13-6-5-9-16-11-13/h2-11,17H,1H3/b12-10+. The fraction of sp³-hybridized carbons (Fsp3) is 0.0667.